The molecule has 0 aliphatic heterocycles. The van der Waals surface area contributed by atoms with Crippen LogP contribution in [0.2, 0.25) is 0 Å². The maximum Gasteiger partial charge on any atom is 0.357 e. The van der Waals surface area contributed by atoms with E-state index in [1.807, 2.05) is 48.9 Å². The minimum Gasteiger partial charge on any atom is -0.461 e. The molecular formula is C20H20N4O3S. The monoisotopic (exact) mass is 396 g/mol. The van der Waals surface area contributed by atoms with Crippen LogP contribution in [0.1, 0.15) is 34.4 Å². The van der Waals surface area contributed by atoms with Crippen LogP contribution >= 0.6 is 11.3 Å². The van der Waals surface area contributed by atoms with Crippen LogP contribution in [0.4, 0.5) is 5.13 Å². The normalized spacial score (nSPS) is 11.0. The van der Waals surface area contributed by atoms with Crippen molar-refractivity contribution in [2.24, 2.45) is 0 Å². The van der Waals surface area contributed by atoms with E-state index in [2.05, 4.69) is 15.4 Å². The Hall–Kier alpha value is -3.26. The molecule has 1 N–H and O–H groups in total. The first-order chi connectivity index (χ1) is 13.5. The topological polar surface area (TPSA) is 86.1 Å². The Labute approximate surface area is 166 Å². The number of carbonyl (C=O) groups excluding carboxylic acids is 2. The molecule has 2 heterocycles. The van der Waals surface area contributed by atoms with Gasteiger partial charge in [-0.15, -0.1) is 11.3 Å². The smallest absolute Gasteiger partial charge is 0.357 e. The third-order valence-corrected chi connectivity index (χ3v) is 4.73. The first-order valence-corrected chi connectivity index (χ1v) is 9.61. The summed E-state index contributed by atoms with van der Waals surface area (Å²) in [6.45, 7) is 5.85. The van der Waals surface area contributed by atoms with E-state index in [0.29, 0.717) is 5.13 Å². The van der Waals surface area contributed by atoms with Gasteiger partial charge in [-0.2, -0.15) is 5.10 Å². The Balaban J connectivity index is 1.71. The summed E-state index contributed by atoms with van der Waals surface area (Å²) in [6.07, 6.45) is 3.16. The Morgan fingerprint density at radius 2 is 2.00 bits per heavy atom. The van der Waals surface area contributed by atoms with Crippen molar-refractivity contribution in [1.82, 2.24) is 14.8 Å². The van der Waals surface area contributed by atoms with Gasteiger partial charge in [-0.25, -0.2) is 14.5 Å². The number of amides is 1. The lowest BCUT2D eigenvalue weighted by atomic mass is 10.2. The molecule has 1 aromatic carbocycles. The maximum absolute atomic E-state index is 12.2. The summed E-state index contributed by atoms with van der Waals surface area (Å²) < 4.78 is 6.73. The molecule has 0 saturated heterocycles. The number of ether oxygens (including phenoxy) is 1. The molecule has 28 heavy (non-hydrogen) atoms. The number of hydrogen-bond donors (Lipinski definition) is 1. The highest BCUT2D eigenvalue weighted by Crippen LogP contribution is 2.20. The molecule has 3 rings (SSSR count). The van der Waals surface area contributed by atoms with E-state index in [1.165, 1.54) is 17.4 Å². The summed E-state index contributed by atoms with van der Waals surface area (Å²) in [4.78, 5) is 27.9. The number of nitrogens with zero attached hydrogens (tertiary/aromatic N) is 3. The quantitative estimate of drug-likeness (QED) is 0.506. The molecule has 8 heteroatoms. The van der Waals surface area contributed by atoms with E-state index in [1.54, 1.807) is 18.4 Å². The van der Waals surface area contributed by atoms with Crippen molar-refractivity contribution in [1.29, 1.82) is 0 Å². The molecule has 2 aromatic heterocycles. The van der Waals surface area contributed by atoms with E-state index >= 15 is 0 Å². The van der Waals surface area contributed by atoms with Crippen LogP contribution < -0.4 is 5.32 Å². The van der Waals surface area contributed by atoms with Crippen molar-refractivity contribution < 1.29 is 14.3 Å². The van der Waals surface area contributed by atoms with E-state index < -0.39 is 5.97 Å². The van der Waals surface area contributed by atoms with Gasteiger partial charge in [0.2, 0.25) is 5.91 Å². The molecule has 0 radical (unpaired) electrons. The van der Waals surface area contributed by atoms with Crippen molar-refractivity contribution >= 4 is 34.4 Å². The molecule has 0 aliphatic rings. The fourth-order valence-corrected chi connectivity index (χ4v) is 3.34. The lowest BCUT2D eigenvalue weighted by Gasteiger charge is -2.03. The van der Waals surface area contributed by atoms with E-state index in [4.69, 9.17) is 4.74 Å². The summed E-state index contributed by atoms with van der Waals surface area (Å²) in [5, 5.41) is 9.10. The molecule has 7 nitrogen and oxygen atoms in total. The Bertz CT molecular complexity index is 1020. The SMILES string of the molecule is CCOC(=O)c1csc(NC(=O)C=Cc2c(C)nn(-c3ccccc3)c2C)n1. The number of carbonyl (C=O) groups is 2. The van der Waals surface area contributed by atoms with Gasteiger partial charge in [0.1, 0.15) is 0 Å². The highest BCUT2D eigenvalue weighted by atomic mass is 32.1. The van der Waals surface area contributed by atoms with E-state index in [-0.39, 0.29) is 18.2 Å². The average Bonchev–Trinajstić information content (AvgIpc) is 3.26. The van der Waals surface area contributed by atoms with Crippen LogP contribution in [-0.2, 0) is 9.53 Å². The lowest BCUT2D eigenvalue weighted by molar-refractivity contribution is -0.111. The van der Waals surface area contributed by atoms with Gasteiger partial charge in [0.25, 0.3) is 0 Å². The lowest BCUT2D eigenvalue weighted by Crippen LogP contribution is -2.09. The van der Waals surface area contributed by atoms with Crippen LogP contribution in [0.3, 0.4) is 0 Å². The molecule has 1 amide bonds. The number of hydrogen-bond acceptors (Lipinski definition) is 6. The number of esters is 1. The van der Waals surface area contributed by atoms with Gasteiger partial charge < -0.3 is 4.74 Å². The number of para-hydroxylation sites is 1. The molecule has 0 aliphatic carbocycles. The third kappa shape index (κ3) is 4.34. The standard InChI is InChI=1S/C20H20N4O3S/c1-4-27-19(26)17-12-28-20(21-17)22-18(25)11-10-16-13(2)23-24(14(16)3)15-8-6-5-7-9-15/h5-12H,4H2,1-3H3,(H,21,22,25). The van der Waals surface area contributed by atoms with Crippen LogP contribution in [0.25, 0.3) is 11.8 Å². The second kappa shape index (κ2) is 8.62. The van der Waals surface area contributed by atoms with Crippen LogP contribution in [-0.4, -0.2) is 33.2 Å². The first-order valence-electron chi connectivity index (χ1n) is 8.73. The predicted molar refractivity (Wildman–Crippen MR) is 109 cm³/mol. The van der Waals surface area contributed by atoms with Gasteiger partial charge in [-0.3, -0.25) is 10.1 Å². The molecule has 0 unspecified atom stereocenters. The van der Waals surface area contributed by atoms with Gasteiger partial charge in [-0.1, -0.05) is 18.2 Å². The molecule has 3 aromatic rings. The fraction of sp³-hybridized carbons (Fsp3) is 0.200. The average molecular weight is 396 g/mol. The zero-order valence-corrected chi connectivity index (χ0v) is 16.6. The largest absolute Gasteiger partial charge is 0.461 e. The van der Waals surface area contributed by atoms with Crippen molar-refractivity contribution in [3.05, 3.63) is 64.4 Å². The second-order valence-corrected chi connectivity index (χ2v) is 6.77. The summed E-state index contributed by atoms with van der Waals surface area (Å²) in [5.74, 6) is -0.842. The minimum atomic E-state index is -0.505. The summed E-state index contributed by atoms with van der Waals surface area (Å²) in [5.41, 5.74) is 3.78. The third-order valence-electron chi connectivity index (χ3n) is 3.97. The van der Waals surface area contributed by atoms with Crippen molar-refractivity contribution in [3.8, 4) is 5.69 Å². The number of thiazole rings is 1. The number of aromatic nitrogens is 3. The zero-order valence-electron chi connectivity index (χ0n) is 15.8. The van der Waals surface area contributed by atoms with Crippen LogP contribution in [0.5, 0.6) is 0 Å². The zero-order chi connectivity index (χ0) is 20.1. The fourth-order valence-electron chi connectivity index (χ4n) is 2.65. The highest BCUT2D eigenvalue weighted by Gasteiger charge is 2.13. The first kappa shape index (κ1) is 19.5. The number of rotatable bonds is 6. The maximum atomic E-state index is 12.2. The molecule has 0 fully saturated rings. The van der Waals surface area contributed by atoms with Crippen LogP contribution in [0.15, 0.2) is 41.8 Å². The number of nitrogens with one attached hydrogen (secondary N) is 1. The summed E-state index contributed by atoms with van der Waals surface area (Å²) in [7, 11) is 0. The minimum absolute atomic E-state index is 0.182. The van der Waals surface area contributed by atoms with Crippen molar-refractivity contribution in [2.45, 2.75) is 20.8 Å². The Kier molecular flexibility index (Phi) is 6.00. The molecular weight excluding hydrogens is 376 g/mol. The van der Waals surface area contributed by atoms with Crippen molar-refractivity contribution in [3.63, 3.8) is 0 Å². The van der Waals surface area contributed by atoms with Gasteiger partial charge in [0, 0.05) is 22.7 Å². The molecule has 144 valence electrons. The highest BCUT2D eigenvalue weighted by molar-refractivity contribution is 7.14. The number of benzene rings is 1. The second-order valence-electron chi connectivity index (χ2n) is 5.91. The number of anilines is 1. The Morgan fingerprint density at radius 3 is 2.71 bits per heavy atom. The van der Waals surface area contributed by atoms with Crippen LogP contribution in [0, 0.1) is 13.8 Å². The molecule has 0 atom stereocenters. The number of aryl methyl sites for hydroxylation is 1. The van der Waals surface area contributed by atoms with E-state index in [9.17, 15) is 9.59 Å². The van der Waals surface area contributed by atoms with Gasteiger partial charge in [-0.05, 0) is 39.0 Å². The Morgan fingerprint density at radius 1 is 1.25 bits per heavy atom. The summed E-state index contributed by atoms with van der Waals surface area (Å²) >= 11 is 1.17. The van der Waals surface area contributed by atoms with Gasteiger partial charge in [0.15, 0.2) is 10.8 Å². The van der Waals surface area contributed by atoms with Gasteiger partial charge >= 0.3 is 5.97 Å². The molecule has 0 saturated carbocycles. The van der Waals surface area contributed by atoms with E-state index in [0.717, 1.165) is 22.6 Å². The summed E-state index contributed by atoms with van der Waals surface area (Å²) in [6, 6.07) is 9.80. The molecule has 0 bridgehead atoms. The predicted octanol–water partition coefficient (Wildman–Crippen LogP) is 3.77. The van der Waals surface area contributed by atoms with Gasteiger partial charge in [0.05, 0.1) is 18.0 Å². The molecule has 0 spiro atoms. The van der Waals surface area contributed by atoms with Crippen molar-refractivity contribution in [2.75, 3.05) is 11.9 Å².